The maximum atomic E-state index is 11.3. The second kappa shape index (κ2) is 2.64. The molecule has 3 rings (SSSR count). The van der Waals surface area contributed by atoms with Gasteiger partial charge in [0, 0.05) is 11.9 Å². The van der Waals surface area contributed by atoms with Gasteiger partial charge in [0.15, 0.2) is 0 Å². The number of aliphatic carboxylic acids is 1. The monoisotopic (exact) mass is 207 g/mol. The molecule has 4 heteroatoms. The number of carboxylic acids is 1. The Labute approximate surface area is 87.3 Å². The van der Waals surface area contributed by atoms with Crippen molar-refractivity contribution < 1.29 is 14.6 Å². The molecule has 0 amide bonds. The Morgan fingerprint density at radius 2 is 2.20 bits per heavy atom. The van der Waals surface area contributed by atoms with Crippen molar-refractivity contribution >= 4 is 5.97 Å². The molecular weight excluding hydrogens is 194 g/mol. The second-order valence-electron chi connectivity index (χ2n) is 4.55. The van der Waals surface area contributed by atoms with Crippen LogP contribution in [0.3, 0.4) is 0 Å². The molecule has 1 aromatic rings. The van der Waals surface area contributed by atoms with E-state index in [9.17, 15) is 9.90 Å². The summed E-state index contributed by atoms with van der Waals surface area (Å²) in [7, 11) is 0. The van der Waals surface area contributed by atoms with Crippen LogP contribution in [0.15, 0.2) is 18.3 Å². The normalized spacial score (nSPS) is 25.6. The van der Waals surface area contributed by atoms with E-state index >= 15 is 0 Å². The molecule has 80 valence electrons. The lowest BCUT2D eigenvalue weighted by Gasteiger charge is -2.45. The molecule has 1 saturated heterocycles. The van der Waals surface area contributed by atoms with E-state index in [1.807, 2.05) is 18.3 Å². The summed E-state index contributed by atoms with van der Waals surface area (Å²) >= 11 is 0. The molecule has 15 heavy (non-hydrogen) atoms. The van der Waals surface area contributed by atoms with Crippen LogP contribution in [-0.2, 0) is 14.9 Å². The molecule has 4 nitrogen and oxygen atoms in total. The molecule has 0 aromatic carbocycles. The van der Waals surface area contributed by atoms with Crippen LogP contribution in [-0.4, -0.2) is 29.3 Å². The van der Waals surface area contributed by atoms with Gasteiger partial charge in [-0.1, -0.05) is 0 Å². The highest BCUT2D eigenvalue weighted by Gasteiger charge is 2.68. The third-order valence-electron chi connectivity index (χ3n) is 3.89. The number of H-pyrrole nitrogens is 1. The first-order valence-corrected chi connectivity index (χ1v) is 5.16. The molecule has 2 fully saturated rings. The van der Waals surface area contributed by atoms with Crippen LogP contribution in [0.5, 0.6) is 0 Å². The lowest BCUT2D eigenvalue weighted by atomic mass is 9.68. The van der Waals surface area contributed by atoms with Gasteiger partial charge in [0.25, 0.3) is 0 Å². The van der Waals surface area contributed by atoms with Crippen molar-refractivity contribution in [2.24, 2.45) is 5.41 Å². The number of carbonyl (C=O) groups is 1. The fourth-order valence-electron chi connectivity index (χ4n) is 2.65. The molecule has 1 aromatic heterocycles. The average molecular weight is 207 g/mol. The van der Waals surface area contributed by atoms with Crippen LogP contribution in [0.2, 0.25) is 0 Å². The molecule has 2 heterocycles. The summed E-state index contributed by atoms with van der Waals surface area (Å²) in [5.41, 5.74) is 0.131. The molecule has 0 radical (unpaired) electrons. The Balaban J connectivity index is 2.04. The number of aromatic amines is 1. The van der Waals surface area contributed by atoms with Gasteiger partial charge < -0.3 is 14.8 Å². The zero-order valence-electron chi connectivity index (χ0n) is 8.32. The maximum absolute atomic E-state index is 11.3. The maximum Gasteiger partial charge on any atom is 0.310 e. The minimum atomic E-state index is -0.680. The van der Waals surface area contributed by atoms with Crippen LogP contribution < -0.4 is 0 Å². The molecule has 0 spiro atoms. The molecule has 0 atom stereocenters. The number of ether oxygens (including phenoxy) is 1. The third kappa shape index (κ3) is 0.925. The summed E-state index contributed by atoms with van der Waals surface area (Å²) in [6.45, 7) is 1.06. The quantitative estimate of drug-likeness (QED) is 0.781. The van der Waals surface area contributed by atoms with Crippen molar-refractivity contribution in [3.63, 3.8) is 0 Å². The van der Waals surface area contributed by atoms with Gasteiger partial charge in [0.1, 0.15) is 0 Å². The first-order valence-electron chi connectivity index (χ1n) is 5.16. The van der Waals surface area contributed by atoms with E-state index in [2.05, 4.69) is 4.98 Å². The van der Waals surface area contributed by atoms with Crippen molar-refractivity contribution in [1.29, 1.82) is 0 Å². The van der Waals surface area contributed by atoms with Gasteiger partial charge in [0.05, 0.1) is 24.0 Å². The summed E-state index contributed by atoms with van der Waals surface area (Å²) < 4.78 is 5.26. The van der Waals surface area contributed by atoms with E-state index in [4.69, 9.17) is 4.74 Å². The van der Waals surface area contributed by atoms with Crippen molar-refractivity contribution in [2.75, 3.05) is 13.2 Å². The van der Waals surface area contributed by atoms with Crippen molar-refractivity contribution in [1.82, 2.24) is 4.98 Å². The Kier molecular flexibility index (Phi) is 1.58. The van der Waals surface area contributed by atoms with Gasteiger partial charge in [-0.3, -0.25) is 4.79 Å². The number of rotatable bonds is 3. The van der Waals surface area contributed by atoms with Crippen LogP contribution in [0.4, 0.5) is 0 Å². The Bertz CT molecular complexity index is 388. The van der Waals surface area contributed by atoms with E-state index in [0.29, 0.717) is 13.2 Å². The van der Waals surface area contributed by atoms with Gasteiger partial charge in [-0.05, 0) is 25.0 Å². The van der Waals surface area contributed by atoms with Gasteiger partial charge in [-0.15, -0.1) is 0 Å². The van der Waals surface area contributed by atoms with E-state index in [1.54, 1.807) is 0 Å². The Morgan fingerprint density at radius 3 is 2.53 bits per heavy atom. The fraction of sp³-hybridized carbons (Fsp3) is 0.545. The molecule has 2 aliphatic rings. The fourth-order valence-corrected chi connectivity index (χ4v) is 2.65. The summed E-state index contributed by atoms with van der Waals surface area (Å²) in [6.07, 6.45) is 3.38. The number of nitrogens with one attached hydrogen (secondary N) is 1. The first kappa shape index (κ1) is 8.97. The molecular formula is C11H13NO3. The molecule has 2 N–H and O–H groups in total. The number of carboxylic acid groups (broad SMARTS) is 1. The highest BCUT2D eigenvalue weighted by atomic mass is 16.5. The second-order valence-corrected chi connectivity index (χ2v) is 4.55. The highest BCUT2D eigenvalue weighted by Crippen LogP contribution is 2.62. The Hall–Kier alpha value is -1.29. The van der Waals surface area contributed by atoms with Crippen LogP contribution in [0.1, 0.15) is 18.5 Å². The molecule has 1 saturated carbocycles. The van der Waals surface area contributed by atoms with Gasteiger partial charge in [-0.2, -0.15) is 0 Å². The SMILES string of the molecule is O=C(O)C1(C2(c3ccc[nH]3)COC2)CC1. The zero-order valence-corrected chi connectivity index (χ0v) is 8.32. The molecule has 0 bridgehead atoms. The molecule has 0 unspecified atom stereocenters. The van der Waals surface area contributed by atoms with Crippen molar-refractivity contribution in [2.45, 2.75) is 18.3 Å². The Morgan fingerprint density at radius 1 is 1.47 bits per heavy atom. The van der Waals surface area contributed by atoms with E-state index in [1.165, 1.54) is 0 Å². The minimum Gasteiger partial charge on any atom is -0.481 e. The number of aromatic nitrogens is 1. The average Bonchev–Trinajstić information content (AvgIpc) is 2.74. The molecule has 1 aliphatic heterocycles. The van der Waals surface area contributed by atoms with Crippen molar-refractivity contribution in [3.8, 4) is 0 Å². The standard InChI is InChI=1S/C11H13NO3/c13-9(14)10(3-4-10)11(6-15-7-11)8-2-1-5-12-8/h1-2,5,12H,3-4,6-7H2,(H,13,14). The first-order chi connectivity index (χ1) is 7.21. The number of hydrogen-bond acceptors (Lipinski definition) is 2. The lowest BCUT2D eigenvalue weighted by Crippen LogP contribution is -2.56. The van der Waals surface area contributed by atoms with Crippen LogP contribution in [0.25, 0.3) is 0 Å². The van der Waals surface area contributed by atoms with E-state index in [-0.39, 0.29) is 5.41 Å². The van der Waals surface area contributed by atoms with Gasteiger partial charge in [0.2, 0.25) is 0 Å². The van der Waals surface area contributed by atoms with Gasteiger partial charge >= 0.3 is 5.97 Å². The smallest absolute Gasteiger partial charge is 0.310 e. The summed E-state index contributed by atoms with van der Waals surface area (Å²) in [5, 5.41) is 9.33. The van der Waals surface area contributed by atoms with Crippen LogP contribution in [0, 0.1) is 5.41 Å². The minimum absolute atomic E-state index is 0.303. The lowest BCUT2D eigenvalue weighted by molar-refractivity contribution is -0.161. The summed E-state index contributed by atoms with van der Waals surface area (Å²) in [5.74, 6) is -0.680. The summed E-state index contributed by atoms with van der Waals surface area (Å²) in [4.78, 5) is 14.5. The number of hydrogen-bond donors (Lipinski definition) is 2. The van der Waals surface area contributed by atoms with Crippen LogP contribution >= 0.6 is 0 Å². The third-order valence-corrected chi connectivity index (χ3v) is 3.89. The predicted octanol–water partition coefficient (Wildman–Crippen LogP) is 1.15. The van der Waals surface area contributed by atoms with E-state index < -0.39 is 11.4 Å². The summed E-state index contributed by atoms with van der Waals surface area (Å²) in [6, 6.07) is 3.87. The largest absolute Gasteiger partial charge is 0.481 e. The van der Waals surface area contributed by atoms with E-state index in [0.717, 1.165) is 18.5 Å². The van der Waals surface area contributed by atoms with Crippen molar-refractivity contribution in [3.05, 3.63) is 24.0 Å². The molecule has 1 aliphatic carbocycles. The zero-order chi connectivity index (χ0) is 10.5. The van der Waals surface area contributed by atoms with Gasteiger partial charge in [-0.25, -0.2) is 0 Å². The highest BCUT2D eigenvalue weighted by molar-refractivity contribution is 5.81. The predicted molar refractivity (Wildman–Crippen MR) is 52.6 cm³/mol. The topological polar surface area (TPSA) is 62.3 Å².